The summed E-state index contributed by atoms with van der Waals surface area (Å²) < 4.78 is 28.1. The third-order valence-electron chi connectivity index (χ3n) is 5.37. The second-order valence-corrected chi connectivity index (χ2v) is 9.55. The van der Waals surface area contributed by atoms with Gasteiger partial charge in [0.2, 0.25) is 15.9 Å². The molecule has 0 bridgehead atoms. The number of nitrogens with zero attached hydrogens (tertiary/aromatic N) is 1. The molecule has 8 nitrogen and oxygen atoms in total. The Morgan fingerprint density at radius 3 is 2.58 bits per heavy atom. The van der Waals surface area contributed by atoms with Crippen molar-refractivity contribution in [3.05, 3.63) is 89.2 Å². The standard InChI is InChI=1S/C24H24N4O4S/c29-23-5-1-4-20-13-21(10-11-22(20)28-23)33(31,32)27-16-17-6-8-19(9-7-17)24(30)26-15-18-3-2-12-25-14-18/h2-3,6-14,27H,1,4-5,15-16H2,(H,26,30)(H,28,29). The van der Waals surface area contributed by atoms with E-state index in [2.05, 4.69) is 20.3 Å². The van der Waals surface area contributed by atoms with Crippen molar-refractivity contribution in [1.29, 1.82) is 0 Å². The van der Waals surface area contributed by atoms with E-state index in [1.807, 2.05) is 6.07 Å². The van der Waals surface area contributed by atoms with Crippen LogP contribution in [-0.2, 0) is 34.3 Å². The Balaban J connectivity index is 1.36. The van der Waals surface area contributed by atoms with E-state index in [0.29, 0.717) is 37.1 Å². The minimum Gasteiger partial charge on any atom is -0.348 e. The van der Waals surface area contributed by atoms with E-state index in [4.69, 9.17) is 0 Å². The van der Waals surface area contributed by atoms with Crippen LogP contribution in [0.15, 0.2) is 71.9 Å². The molecule has 170 valence electrons. The first-order valence-electron chi connectivity index (χ1n) is 10.6. The first-order chi connectivity index (χ1) is 15.9. The quantitative estimate of drug-likeness (QED) is 0.497. The molecule has 0 saturated heterocycles. The molecule has 4 rings (SSSR count). The number of carbonyl (C=O) groups excluding carboxylic acids is 2. The lowest BCUT2D eigenvalue weighted by atomic mass is 10.1. The van der Waals surface area contributed by atoms with Gasteiger partial charge in [0.1, 0.15) is 0 Å². The van der Waals surface area contributed by atoms with Gasteiger partial charge < -0.3 is 10.6 Å². The van der Waals surface area contributed by atoms with Crippen molar-refractivity contribution in [3.8, 4) is 0 Å². The molecule has 3 aromatic rings. The lowest BCUT2D eigenvalue weighted by Gasteiger charge is -2.11. The average molecular weight is 465 g/mol. The van der Waals surface area contributed by atoms with Crippen molar-refractivity contribution in [3.63, 3.8) is 0 Å². The Bertz CT molecular complexity index is 1260. The van der Waals surface area contributed by atoms with Crippen LogP contribution in [0, 0.1) is 0 Å². The highest BCUT2D eigenvalue weighted by Gasteiger charge is 2.19. The summed E-state index contributed by atoms with van der Waals surface area (Å²) in [6.07, 6.45) is 5.10. The van der Waals surface area contributed by atoms with Crippen LogP contribution in [0.25, 0.3) is 0 Å². The number of hydrogen-bond acceptors (Lipinski definition) is 5. The number of fused-ring (bicyclic) bond motifs is 1. The van der Waals surface area contributed by atoms with Crippen molar-refractivity contribution in [2.45, 2.75) is 37.2 Å². The largest absolute Gasteiger partial charge is 0.348 e. The Morgan fingerprint density at radius 2 is 1.82 bits per heavy atom. The highest BCUT2D eigenvalue weighted by Crippen LogP contribution is 2.25. The van der Waals surface area contributed by atoms with E-state index < -0.39 is 10.0 Å². The number of sulfonamides is 1. The number of rotatable bonds is 7. The van der Waals surface area contributed by atoms with Gasteiger partial charge in [-0.1, -0.05) is 18.2 Å². The molecular weight excluding hydrogens is 440 g/mol. The maximum atomic E-state index is 12.8. The second kappa shape index (κ2) is 9.93. The minimum atomic E-state index is -3.73. The number of hydrogen-bond donors (Lipinski definition) is 3. The third-order valence-corrected chi connectivity index (χ3v) is 6.77. The predicted molar refractivity (Wildman–Crippen MR) is 124 cm³/mol. The number of benzene rings is 2. The predicted octanol–water partition coefficient (Wildman–Crippen LogP) is 2.76. The maximum Gasteiger partial charge on any atom is 0.251 e. The molecule has 0 saturated carbocycles. The molecule has 1 aliphatic heterocycles. The Morgan fingerprint density at radius 1 is 1.00 bits per heavy atom. The van der Waals surface area contributed by atoms with Gasteiger partial charge in [-0.05, 0) is 65.9 Å². The molecule has 0 unspecified atom stereocenters. The molecule has 0 fully saturated rings. The summed E-state index contributed by atoms with van der Waals surface area (Å²) in [7, 11) is -3.73. The molecule has 2 heterocycles. The smallest absolute Gasteiger partial charge is 0.251 e. The van der Waals surface area contributed by atoms with Gasteiger partial charge in [-0.15, -0.1) is 0 Å². The molecule has 0 aliphatic carbocycles. The first kappa shape index (κ1) is 22.6. The molecule has 33 heavy (non-hydrogen) atoms. The summed E-state index contributed by atoms with van der Waals surface area (Å²) in [6.45, 7) is 0.465. The van der Waals surface area contributed by atoms with Gasteiger partial charge in [0.05, 0.1) is 4.90 Å². The van der Waals surface area contributed by atoms with Gasteiger partial charge >= 0.3 is 0 Å². The van der Waals surface area contributed by atoms with Gasteiger partial charge in [-0.3, -0.25) is 14.6 Å². The molecular formula is C24H24N4O4S. The minimum absolute atomic E-state index is 0.0586. The second-order valence-electron chi connectivity index (χ2n) is 7.79. The Hall–Kier alpha value is -3.56. The van der Waals surface area contributed by atoms with Crippen LogP contribution >= 0.6 is 0 Å². The Labute approximate surface area is 192 Å². The van der Waals surface area contributed by atoms with Crippen LogP contribution in [0.3, 0.4) is 0 Å². The van der Waals surface area contributed by atoms with Crippen LogP contribution in [0.1, 0.15) is 39.9 Å². The number of pyridine rings is 1. The molecule has 2 aromatic carbocycles. The van der Waals surface area contributed by atoms with Crippen molar-refractivity contribution in [2.24, 2.45) is 0 Å². The van der Waals surface area contributed by atoms with Crippen molar-refractivity contribution in [2.75, 3.05) is 5.32 Å². The summed E-state index contributed by atoms with van der Waals surface area (Å²) in [5.74, 6) is -0.278. The average Bonchev–Trinajstić information content (AvgIpc) is 3.02. The summed E-state index contributed by atoms with van der Waals surface area (Å²) in [5, 5.41) is 5.63. The van der Waals surface area contributed by atoms with Gasteiger partial charge in [-0.2, -0.15) is 0 Å². The SMILES string of the molecule is O=C1CCCc2cc(S(=O)(=O)NCc3ccc(C(=O)NCc4cccnc4)cc3)ccc2N1. The van der Waals surface area contributed by atoms with Gasteiger partial charge in [0, 0.05) is 43.2 Å². The van der Waals surface area contributed by atoms with Gasteiger partial charge in [-0.25, -0.2) is 13.1 Å². The third kappa shape index (κ3) is 5.82. The molecule has 9 heteroatoms. The van der Waals surface area contributed by atoms with E-state index in [9.17, 15) is 18.0 Å². The first-order valence-corrected chi connectivity index (χ1v) is 12.1. The fourth-order valence-corrected chi connectivity index (χ4v) is 4.61. The fourth-order valence-electron chi connectivity index (χ4n) is 3.54. The van der Waals surface area contributed by atoms with Crippen LogP contribution in [-0.4, -0.2) is 25.2 Å². The molecule has 1 aliphatic rings. The fraction of sp³-hybridized carbons (Fsp3) is 0.208. The topological polar surface area (TPSA) is 117 Å². The van der Waals surface area contributed by atoms with Crippen LogP contribution in [0.4, 0.5) is 5.69 Å². The summed E-state index contributed by atoms with van der Waals surface area (Å²) in [5.41, 5.74) is 3.58. The lowest BCUT2D eigenvalue weighted by Crippen LogP contribution is -2.24. The summed E-state index contributed by atoms with van der Waals surface area (Å²) in [4.78, 5) is 28.2. The summed E-state index contributed by atoms with van der Waals surface area (Å²) in [6, 6.07) is 15.2. The van der Waals surface area contributed by atoms with E-state index >= 15 is 0 Å². The van der Waals surface area contributed by atoms with Crippen molar-refractivity contribution >= 4 is 27.5 Å². The molecule has 2 amide bonds. The van der Waals surface area contributed by atoms with E-state index in [1.165, 1.54) is 6.07 Å². The molecule has 3 N–H and O–H groups in total. The molecule has 0 radical (unpaired) electrons. The number of aryl methyl sites for hydroxylation is 1. The normalized spacial score (nSPS) is 13.5. The zero-order valence-electron chi connectivity index (χ0n) is 17.9. The zero-order valence-corrected chi connectivity index (χ0v) is 18.7. The molecule has 0 atom stereocenters. The van der Waals surface area contributed by atoms with Crippen LogP contribution < -0.4 is 15.4 Å². The Kier molecular flexibility index (Phi) is 6.81. The summed E-state index contributed by atoms with van der Waals surface area (Å²) >= 11 is 0. The lowest BCUT2D eigenvalue weighted by molar-refractivity contribution is -0.116. The number of nitrogens with one attached hydrogen (secondary N) is 3. The van der Waals surface area contributed by atoms with E-state index in [1.54, 1.807) is 54.9 Å². The monoisotopic (exact) mass is 464 g/mol. The van der Waals surface area contributed by atoms with Crippen molar-refractivity contribution < 1.29 is 18.0 Å². The highest BCUT2D eigenvalue weighted by molar-refractivity contribution is 7.89. The molecule has 1 aromatic heterocycles. The number of anilines is 1. The van der Waals surface area contributed by atoms with Gasteiger partial charge in [0.15, 0.2) is 0 Å². The highest BCUT2D eigenvalue weighted by atomic mass is 32.2. The van der Waals surface area contributed by atoms with Gasteiger partial charge in [0.25, 0.3) is 5.91 Å². The van der Waals surface area contributed by atoms with Crippen LogP contribution in [0.2, 0.25) is 0 Å². The zero-order chi connectivity index (χ0) is 23.3. The van der Waals surface area contributed by atoms with Crippen LogP contribution in [0.5, 0.6) is 0 Å². The number of carbonyl (C=O) groups is 2. The van der Waals surface area contributed by atoms with E-state index in [0.717, 1.165) is 16.7 Å². The number of aromatic nitrogens is 1. The molecule has 0 spiro atoms. The van der Waals surface area contributed by atoms with E-state index in [-0.39, 0.29) is 23.3 Å². The number of amides is 2. The van der Waals surface area contributed by atoms with Crippen molar-refractivity contribution in [1.82, 2.24) is 15.0 Å². The maximum absolute atomic E-state index is 12.8.